The number of rotatable bonds is 5. The van der Waals surface area contributed by atoms with Crippen LogP contribution in [-0.2, 0) is 6.54 Å². The number of anilines is 1. The molecule has 1 heterocycles. The SMILES string of the molecule is O=[N+]([O-])c1ccccc1CN1CCC(Nc2ccc(Cl)cc2)CC1. The summed E-state index contributed by atoms with van der Waals surface area (Å²) in [4.78, 5) is 13.1. The van der Waals surface area contributed by atoms with E-state index in [0.717, 1.165) is 42.2 Å². The van der Waals surface area contributed by atoms with Crippen LogP contribution in [0.2, 0.25) is 5.02 Å². The van der Waals surface area contributed by atoms with Gasteiger partial charge >= 0.3 is 0 Å². The molecule has 3 rings (SSSR count). The van der Waals surface area contributed by atoms with Gasteiger partial charge in [-0.3, -0.25) is 15.0 Å². The number of para-hydroxylation sites is 1. The molecule has 0 spiro atoms. The van der Waals surface area contributed by atoms with Crippen LogP contribution in [0.3, 0.4) is 0 Å². The minimum atomic E-state index is -0.301. The first-order valence-electron chi connectivity index (χ1n) is 8.08. The van der Waals surface area contributed by atoms with Gasteiger partial charge in [0.1, 0.15) is 0 Å². The van der Waals surface area contributed by atoms with Gasteiger partial charge in [0, 0.05) is 48.0 Å². The van der Waals surface area contributed by atoms with Crippen LogP contribution in [-0.4, -0.2) is 29.0 Å². The summed E-state index contributed by atoms with van der Waals surface area (Å²) in [6.07, 6.45) is 2.03. The second kappa shape index (κ2) is 7.64. The summed E-state index contributed by atoms with van der Waals surface area (Å²) in [5.41, 5.74) is 2.07. The van der Waals surface area contributed by atoms with Crippen LogP contribution < -0.4 is 5.32 Å². The predicted molar refractivity (Wildman–Crippen MR) is 96.5 cm³/mol. The van der Waals surface area contributed by atoms with Gasteiger partial charge in [-0.25, -0.2) is 0 Å². The van der Waals surface area contributed by atoms with Crippen molar-refractivity contribution < 1.29 is 4.92 Å². The van der Waals surface area contributed by atoms with E-state index in [4.69, 9.17) is 11.6 Å². The maximum atomic E-state index is 11.1. The molecule has 2 aromatic carbocycles. The van der Waals surface area contributed by atoms with E-state index in [2.05, 4.69) is 10.2 Å². The fraction of sp³-hybridized carbons (Fsp3) is 0.333. The van der Waals surface area contributed by atoms with Crippen molar-refractivity contribution in [1.29, 1.82) is 0 Å². The molecule has 1 aliphatic heterocycles. The highest BCUT2D eigenvalue weighted by Crippen LogP contribution is 2.23. The van der Waals surface area contributed by atoms with Crippen LogP contribution in [0.5, 0.6) is 0 Å². The molecule has 1 N–H and O–H groups in total. The molecule has 1 aliphatic rings. The number of nitrogens with one attached hydrogen (secondary N) is 1. The van der Waals surface area contributed by atoms with E-state index in [9.17, 15) is 10.1 Å². The summed E-state index contributed by atoms with van der Waals surface area (Å²) in [6, 6.07) is 15.2. The summed E-state index contributed by atoms with van der Waals surface area (Å²) >= 11 is 5.90. The number of halogens is 1. The highest BCUT2D eigenvalue weighted by molar-refractivity contribution is 6.30. The Hall–Kier alpha value is -2.11. The lowest BCUT2D eigenvalue weighted by molar-refractivity contribution is -0.385. The van der Waals surface area contributed by atoms with Crippen LogP contribution >= 0.6 is 11.6 Å². The zero-order valence-electron chi connectivity index (χ0n) is 13.3. The molecule has 5 nitrogen and oxygen atoms in total. The van der Waals surface area contributed by atoms with Crippen molar-refractivity contribution in [3.05, 3.63) is 69.2 Å². The van der Waals surface area contributed by atoms with Gasteiger partial charge in [-0.2, -0.15) is 0 Å². The lowest BCUT2D eigenvalue weighted by Gasteiger charge is -2.32. The van der Waals surface area contributed by atoms with Gasteiger partial charge in [0.2, 0.25) is 0 Å². The third kappa shape index (κ3) is 4.24. The van der Waals surface area contributed by atoms with Crippen molar-refractivity contribution in [2.24, 2.45) is 0 Å². The quantitative estimate of drug-likeness (QED) is 0.647. The molecule has 0 bridgehead atoms. The second-order valence-electron chi connectivity index (χ2n) is 6.09. The third-order valence-corrected chi connectivity index (χ3v) is 4.64. The number of piperidine rings is 1. The van der Waals surface area contributed by atoms with E-state index in [0.29, 0.717) is 12.6 Å². The van der Waals surface area contributed by atoms with Crippen LogP contribution in [0.25, 0.3) is 0 Å². The van der Waals surface area contributed by atoms with Gasteiger partial charge in [-0.1, -0.05) is 29.8 Å². The number of nitrogens with zero attached hydrogens (tertiary/aromatic N) is 2. The van der Waals surface area contributed by atoms with Gasteiger partial charge in [-0.15, -0.1) is 0 Å². The molecular weight excluding hydrogens is 326 g/mol. The van der Waals surface area contributed by atoms with E-state index >= 15 is 0 Å². The van der Waals surface area contributed by atoms with Crippen LogP contribution in [0.15, 0.2) is 48.5 Å². The summed E-state index contributed by atoms with van der Waals surface area (Å²) in [5, 5.41) is 15.4. The number of hydrogen-bond donors (Lipinski definition) is 1. The molecule has 0 aromatic heterocycles. The van der Waals surface area contributed by atoms with Crippen molar-refractivity contribution in [3.8, 4) is 0 Å². The molecule has 0 aliphatic carbocycles. The normalized spacial score (nSPS) is 16.0. The number of nitro benzene ring substituents is 1. The van der Waals surface area contributed by atoms with Crippen molar-refractivity contribution in [3.63, 3.8) is 0 Å². The van der Waals surface area contributed by atoms with Gasteiger partial charge < -0.3 is 5.32 Å². The monoisotopic (exact) mass is 345 g/mol. The minimum absolute atomic E-state index is 0.207. The van der Waals surface area contributed by atoms with E-state index < -0.39 is 0 Å². The molecule has 24 heavy (non-hydrogen) atoms. The fourth-order valence-electron chi connectivity index (χ4n) is 3.08. The largest absolute Gasteiger partial charge is 0.382 e. The van der Waals surface area contributed by atoms with E-state index in [1.54, 1.807) is 12.1 Å². The first kappa shape index (κ1) is 16.7. The number of nitro groups is 1. The van der Waals surface area contributed by atoms with E-state index in [1.807, 2.05) is 36.4 Å². The van der Waals surface area contributed by atoms with E-state index in [-0.39, 0.29) is 10.6 Å². The average Bonchev–Trinajstić information content (AvgIpc) is 2.59. The Bertz CT molecular complexity index is 698. The average molecular weight is 346 g/mol. The summed E-state index contributed by atoms with van der Waals surface area (Å²) < 4.78 is 0. The Labute approximate surface area is 146 Å². The molecule has 6 heteroatoms. The molecule has 0 radical (unpaired) electrons. The van der Waals surface area contributed by atoms with Crippen LogP contribution in [0, 0.1) is 10.1 Å². The first-order chi connectivity index (χ1) is 11.6. The molecule has 0 amide bonds. The molecule has 0 saturated carbocycles. The van der Waals surface area contributed by atoms with Gasteiger partial charge in [0.05, 0.1) is 4.92 Å². The Morgan fingerprint density at radius 2 is 1.79 bits per heavy atom. The summed E-state index contributed by atoms with van der Waals surface area (Å²) in [6.45, 7) is 2.49. The zero-order valence-corrected chi connectivity index (χ0v) is 14.1. The maximum absolute atomic E-state index is 11.1. The molecule has 0 atom stereocenters. The smallest absolute Gasteiger partial charge is 0.273 e. The van der Waals surface area contributed by atoms with Crippen LogP contribution in [0.1, 0.15) is 18.4 Å². The molecule has 1 saturated heterocycles. The Balaban J connectivity index is 1.54. The molecule has 0 unspecified atom stereocenters. The number of hydrogen-bond acceptors (Lipinski definition) is 4. The van der Waals surface area contributed by atoms with Crippen LogP contribution in [0.4, 0.5) is 11.4 Å². The van der Waals surface area contributed by atoms with Crippen molar-refractivity contribution >= 4 is 23.0 Å². The minimum Gasteiger partial charge on any atom is -0.382 e. The molecule has 1 fully saturated rings. The lowest BCUT2D eigenvalue weighted by Crippen LogP contribution is -2.38. The Kier molecular flexibility index (Phi) is 5.33. The molecule has 126 valence electrons. The Morgan fingerprint density at radius 3 is 2.46 bits per heavy atom. The fourth-order valence-corrected chi connectivity index (χ4v) is 3.21. The molecular formula is C18H20ClN3O2. The highest BCUT2D eigenvalue weighted by Gasteiger charge is 2.21. The van der Waals surface area contributed by atoms with Gasteiger partial charge in [0.25, 0.3) is 5.69 Å². The first-order valence-corrected chi connectivity index (χ1v) is 8.46. The number of likely N-dealkylation sites (tertiary alicyclic amines) is 1. The van der Waals surface area contributed by atoms with Crippen molar-refractivity contribution in [1.82, 2.24) is 4.90 Å². The van der Waals surface area contributed by atoms with Crippen molar-refractivity contribution in [2.75, 3.05) is 18.4 Å². The zero-order chi connectivity index (χ0) is 16.9. The number of benzene rings is 2. The lowest BCUT2D eigenvalue weighted by atomic mass is 10.0. The predicted octanol–water partition coefficient (Wildman–Crippen LogP) is 4.32. The molecule has 2 aromatic rings. The third-order valence-electron chi connectivity index (χ3n) is 4.38. The van der Waals surface area contributed by atoms with Gasteiger partial charge in [-0.05, 0) is 37.1 Å². The maximum Gasteiger partial charge on any atom is 0.273 e. The topological polar surface area (TPSA) is 58.4 Å². The Morgan fingerprint density at radius 1 is 1.12 bits per heavy atom. The van der Waals surface area contributed by atoms with Crippen molar-refractivity contribution in [2.45, 2.75) is 25.4 Å². The summed E-state index contributed by atoms with van der Waals surface area (Å²) in [7, 11) is 0. The van der Waals surface area contributed by atoms with Gasteiger partial charge in [0.15, 0.2) is 0 Å². The summed E-state index contributed by atoms with van der Waals surface area (Å²) in [5.74, 6) is 0. The highest BCUT2D eigenvalue weighted by atomic mass is 35.5. The second-order valence-corrected chi connectivity index (χ2v) is 6.52. The standard InChI is InChI=1S/C18H20ClN3O2/c19-15-5-7-16(8-6-15)20-17-9-11-21(12-10-17)13-14-3-1-2-4-18(14)22(23)24/h1-8,17,20H,9-13H2. The van der Waals surface area contributed by atoms with E-state index in [1.165, 1.54) is 0 Å².